The highest BCUT2D eigenvalue weighted by molar-refractivity contribution is 5.41. The average Bonchev–Trinajstić information content (AvgIpc) is 2.47. The fraction of sp³-hybridized carbons (Fsp3) is 0.647. The fourth-order valence-corrected chi connectivity index (χ4v) is 2.15. The summed E-state index contributed by atoms with van der Waals surface area (Å²) in [5, 5.41) is 9.51. The van der Waals surface area contributed by atoms with Gasteiger partial charge >= 0.3 is 0 Å². The number of hydrogen-bond acceptors (Lipinski definition) is 3. The van der Waals surface area contributed by atoms with Crippen LogP contribution in [0.4, 0.5) is 0 Å². The predicted octanol–water partition coefficient (Wildman–Crippen LogP) is 4.32. The van der Waals surface area contributed by atoms with Gasteiger partial charge in [0.1, 0.15) is 0 Å². The number of aromatic hydroxyl groups is 1. The number of rotatable bonds is 11. The molecule has 0 saturated carbocycles. The lowest BCUT2D eigenvalue weighted by Gasteiger charge is -2.07. The SMILES string of the molecule is CCCCCCCCOCCc1ccc(O)c(OC)c1. The van der Waals surface area contributed by atoms with E-state index in [1.165, 1.54) is 32.1 Å². The number of ether oxygens (including phenoxy) is 2. The van der Waals surface area contributed by atoms with Crippen LogP contribution in [0.25, 0.3) is 0 Å². The summed E-state index contributed by atoms with van der Waals surface area (Å²) < 4.78 is 10.7. The predicted molar refractivity (Wildman–Crippen MR) is 82.6 cm³/mol. The van der Waals surface area contributed by atoms with Crippen LogP contribution in [0.3, 0.4) is 0 Å². The first-order valence-electron chi connectivity index (χ1n) is 7.71. The third kappa shape index (κ3) is 6.80. The van der Waals surface area contributed by atoms with Gasteiger partial charge in [0, 0.05) is 6.61 Å². The summed E-state index contributed by atoms with van der Waals surface area (Å²) in [6.07, 6.45) is 8.61. The van der Waals surface area contributed by atoms with Crippen molar-refractivity contribution in [2.75, 3.05) is 20.3 Å². The number of phenolic OH excluding ortho intramolecular Hbond substituents is 1. The second-order valence-corrected chi connectivity index (χ2v) is 5.14. The highest BCUT2D eigenvalue weighted by Gasteiger charge is 2.02. The molecule has 1 aromatic rings. The van der Waals surface area contributed by atoms with E-state index < -0.39 is 0 Å². The minimum absolute atomic E-state index is 0.184. The molecule has 0 aliphatic heterocycles. The van der Waals surface area contributed by atoms with Crippen LogP contribution in [0.2, 0.25) is 0 Å². The smallest absolute Gasteiger partial charge is 0.160 e. The van der Waals surface area contributed by atoms with Gasteiger partial charge in [-0.25, -0.2) is 0 Å². The molecule has 1 aromatic carbocycles. The molecule has 0 aromatic heterocycles. The van der Waals surface area contributed by atoms with Crippen molar-refractivity contribution in [3.05, 3.63) is 23.8 Å². The molecule has 3 nitrogen and oxygen atoms in total. The second kappa shape index (κ2) is 10.6. The molecule has 3 heteroatoms. The minimum Gasteiger partial charge on any atom is -0.504 e. The van der Waals surface area contributed by atoms with Crippen LogP contribution in [0.5, 0.6) is 11.5 Å². The fourth-order valence-electron chi connectivity index (χ4n) is 2.15. The van der Waals surface area contributed by atoms with Gasteiger partial charge < -0.3 is 14.6 Å². The topological polar surface area (TPSA) is 38.7 Å². The van der Waals surface area contributed by atoms with Crippen LogP contribution >= 0.6 is 0 Å². The van der Waals surface area contributed by atoms with E-state index in [0.717, 1.165) is 31.6 Å². The average molecular weight is 280 g/mol. The molecule has 0 heterocycles. The van der Waals surface area contributed by atoms with Crippen LogP contribution in [0.15, 0.2) is 18.2 Å². The Balaban J connectivity index is 2.06. The van der Waals surface area contributed by atoms with E-state index in [1.807, 2.05) is 12.1 Å². The van der Waals surface area contributed by atoms with Gasteiger partial charge in [0.05, 0.1) is 13.7 Å². The molecule has 0 fully saturated rings. The van der Waals surface area contributed by atoms with E-state index in [-0.39, 0.29) is 5.75 Å². The highest BCUT2D eigenvalue weighted by atomic mass is 16.5. The Labute approximate surface area is 122 Å². The molecule has 20 heavy (non-hydrogen) atoms. The van der Waals surface area contributed by atoms with Gasteiger partial charge in [-0.1, -0.05) is 45.1 Å². The van der Waals surface area contributed by atoms with Gasteiger partial charge in [-0.3, -0.25) is 0 Å². The maximum Gasteiger partial charge on any atom is 0.160 e. The number of methoxy groups -OCH3 is 1. The van der Waals surface area contributed by atoms with Crippen LogP contribution in [-0.2, 0) is 11.2 Å². The first kappa shape index (κ1) is 16.8. The zero-order chi connectivity index (χ0) is 14.6. The molecule has 0 amide bonds. The van der Waals surface area contributed by atoms with Crippen molar-refractivity contribution >= 4 is 0 Å². The summed E-state index contributed by atoms with van der Waals surface area (Å²) in [6.45, 7) is 3.81. The largest absolute Gasteiger partial charge is 0.504 e. The minimum atomic E-state index is 0.184. The monoisotopic (exact) mass is 280 g/mol. The summed E-state index contributed by atoms with van der Waals surface area (Å²) in [5.41, 5.74) is 1.13. The van der Waals surface area contributed by atoms with E-state index in [1.54, 1.807) is 13.2 Å². The summed E-state index contributed by atoms with van der Waals surface area (Å²) in [4.78, 5) is 0. The van der Waals surface area contributed by atoms with Gasteiger partial charge in [0.15, 0.2) is 11.5 Å². The Hall–Kier alpha value is -1.22. The first-order chi connectivity index (χ1) is 9.77. The Kier molecular flexibility index (Phi) is 8.88. The van der Waals surface area contributed by atoms with E-state index in [4.69, 9.17) is 9.47 Å². The van der Waals surface area contributed by atoms with Crippen LogP contribution < -0.4 is 4.74 Å². The Morgan fingerprint density at radius 1 is 1.00 bits per heavy atom. The van der Waals surface area contributed by atoms with Gasteiger partial charge in [0.25, 0.3) is 0 Å². The molecule has 0 aliphatic carbocycles. The molecule has 114 valence electrons. The molecule has 0 aliphatic rings. The zero-order valence-corrected chi connectivity index (χ0v) is 12.9. The maximum atomic E-state index is 9.51. The van der Waals surface area contributed by atoms with Crippen LogP contribution in [0, 0.1) is 0 Å². The van der Waals surface area contributed by atoms with Crippen molar-refractivity contribution in [1.29, 1.82) is 0 Å². The van der Waals surface area contributed by atoms with E-state index in [0.29, 0.717) is 5.75 Å². The Morgan fingerprint density at radius 2 is 1.75 bits per heavy atom. The molecule has 0 bridgehead atoms. The van der Waals surface area contributed by atoms with Gasteiger partial charge in [-0.15, -0.1) is 0 Å². The van der Waals surface area contributed by atoms with Gasteiger partial charge in [0.2, 0.25) is 0 Å². The van der Waals surface area contributed by atoms with Gasteiger partial charge in [-0.05, 0) is 30.5 Å². The summed E-state index contributed by atoms with van der Waals surface area (Å²) >= 11 is 0. The summed E-state index contributed by atoms with van der Waals surface area (Å²) in [7, 11) is 1.56. The molecular formula is C17H28O3. The third-order valence-electron chi connectivity index (χ3n) is 3.42. The molecule has 0 atom stereocenters. The normalized spacial score (nSPS) is 10.7. The standard InChI is InChI=1S/C17H28O3/c1-3-4-5-6-7-8-12-20-13-11-15-9-10-16(18)17(14-15)19-2/h9-10,14,18H,3-8,11-13H2,1-2H3. The van der Waals surface area contributed by atoms with Crippen molar-refractivity contribution < 1.29 is 14.6 Å². The molecule has 0 spiro atoms. The van der Waals surface area contributed by atoms with E-state index in [9.17, 15) is 5.11 Å². The van der Waals surface area contributed by atoms with Crippen molar-refractivity contribution in [2.45, 2.75) is 51.9 Å². The second-order valence-electron chi connectivity index (χ2n) is 5.14. The molecule has 0 unspecified atom stereocenters. The van der Waals surface area contributed by atoms with E-state index >= 15 is 0 Å². The van der Waals surface area contributed by atoms with E-state index in [2.05, 4.69) is 6.92 Å². The molecule has 1 rings (SSSR count). The lowest BCUT2D eigenvalue weighted by molar-refractivity contribution is 0.132. The van der Waals surface area contributed by atoms with Crippen molar-refractivity contribution in [3.63, 3.8) is 0 Å². The van der Waals surface area contributed by atoms with Crippen LogP contribution in [0.1, 0.15) is 51.0 Å². The lowest BCUT2D eigenvalue weighted by atomic mass is 10.1. The lowest BCUT2D eigenvalue weighted by Crippen LogP contribution is -2.00. The Morgan fingerprint density at radius 3 is 2.50 bits per heavy atom. The number of unbranched alkanes of at least 4 members (excludes halogenated alkanes) is 5. The van der Waals surface area contributed by atoms with Crippen molar-refractivity contribution in [1.82, 2.24) is 0 Å². The zero-order valence-electron chi connectivity index (χ0n) is 12.9. The number of benzene rings is 1. The first-order valence-corrected chi connectivity index (χ1v) is 7.71. The Bertz CT molecular complexity index is 363. The quantitative estimate of drug-likeness (QED) is 0.613. The maximum absolute atomic E-state index is 9.51. The number of hydrogen-bond donors (Lipinski definition) is 1. The van der Waals surface area contributed by atoms with Crippen LogP contribution in [-0.4, -0.2) is 25.4 Å². The van der Waals surface area contributed by atoms with Gasteiger partial charge in [-0.2, -0.15) is 0 Å². The van der Waals surface area contributed by atoms with Crippen molar-refractivity contribution in [2.24, 2.45) is 0 Å². The van der Waals surface area contributed by atoms with Crippen molar-refractivity contribution in [3.8, 4) is 11.5 Å². The number of phenols is 1. The molecule has 0 saturated heterocycles. The molecular weight excluding hydrogens is 252 g/mol. The summed E-state index contributed by atoms with van der Waals surface area (Å²) in [5.74, 6) is 0.711. The summed E-state index contributed by atoms with van der Waals surface area (Å²) in [6, 6.07) is 5.44. The molecule has 0 radical (unpaired) electrons. The third-order valence-corrected chi connectivity index (χ3v) is 3.42. The molecule has 1 N–H and O–H groups in total. The highest BCUT2D eigenvalue weighted by Crippen LogP contribution is 2.26.